The van der Waals surface area contributed by atoms with Gasteiger partial charge in [-0.05, 0) is 55.7 Å². The first kappa shape index (κ1) is 57.9. The van der Waals surface area contributed by atoms with Crippen LogP contribution in [0.3, 0.4) is 0 Å². The summed E-state index contributed by atoms with van der Waals surface area (Å²) in [6, 6.07) is 6.64. The highest BCUT2D eigenvalue weighted by molar-refractivity contribution is 6.35. The Morgan fingerprint density at radius 2 is 0.908 bits per heavy atom. The Bertz CT molecular complexity index is 1580. The van der Waals surface area contributed by atoms with E-state index < -0.39 is 42.4 Å². The Hall–Kier alpha value is -3.21. The topological polar surface area (TPSA) is 140 Å². The molecular formula is C52H80Cl3NO9. The maximum atomic E-state index is 13.2. The van der Waals surface area contributed by atoms with E-state index >= 15 is 0 Å². The molecule has 0 amide bonds. The summed E-state index contributed by atoms with van der Waals surface area (Å²) in [5.41, 5.74) is 0.145. The van der Waals surface area contributed by atoms with Gasteiger partial charge >= 0.3 is 23.9 Å². The van der Waals surface area contributed by atoms with Crippen molar-refractivity contribution in [2.75, 3.05) is 18.1 Å². The van der Waals surface area contributed by atoms with Crippen LogP contribution in [0.5, 0.6) is 11.5 Å². The third-order valence-electron chi connectivity index (χ3n) is 11.8. The van der Waals surface area contributed by atoms with E-state index in [1.54, 1.807) is 18.2 Å². The molecule has 0 radical (unpaired) electrons. The van der Waals surface area contributed by atoms with E-state index in [0.717, 1.165) is 38.5 Å². The molecule has 2 rings (SSSR count). The van der Waals surface area contributed by atoms with Crippen LogP contribution in [0.2, 0.25) is 15.1 Å². The van der Waals surface area contributed by atoms with Crippen molar-refractivity contribution in [1.29, 1.82) is 0 Å². The molecule has 0 bridgehead atoms. The normalized spacial score (nSPS) is 11.7. The molecule has 65 heavy (non-hydrogen) atoms. The summed E-state index contributed by atoms with van der Waals surface area (Å²) < 4.78 is 17.9. The Balaban J connectivity index is 2.16. The average Bonchev–Trinajstić information content (AvgIpc) is 3.27. The van der Waals surface area contributed by atoms with E-state index in [1.165, 1.54) is 139 Å². The van der Waals surface area contributed by atoms with Crippen molar-refractivity contribution in [3.05, 3.63) is 51.5 Å². The number of carboxylic acid groups (broad SMARTS) is 2. The summed E-state index contributed by atoms with van der Waals surface area (Å²) in [5, 5.41) is 21.1. The average molecular weight is 970 g/mol. The minimum absolute atomic E-state index is 0.127. The van der Waals surface area contributed by atoms with Crippen molar-refractivity contribution in [3.63, 3.8) is 0 Å². The van der Waals surface area contributed by atoms with Crippen molar-refractivity contribution >= 4 is 64.4 Å². The van der Waals surface area contributed by atoms with Gasteiger partial charge in [0.05, 0.1) is 16.8 Å². The SMILES string of the molecule is CCCCCCCCCCCCCCCC(=O)OCC(COC(=O)CCCCCCCCCCCCCCC)N(c1cc(Cl)ccc1Oc1ccc(Cl)cc1Cl)[C@@H](CCC(=O)O)C(=O)O. The molecule has 10 nitrogen and oxygen atoms in total. The molecule has 1 atom stereocenters. The van der Waals surface area contributed by atoms with E-state index in [-0.39, 0.29) is 59.7 Å². The van der Waals surface area contributed by atoms with Crippen molar-refractivity contribution < 1.29 is 43.6 Å². The van der Waals surface area contributed by atoms with Gasteiger partial charge in [-0.1, -0.05) is 203 Å². The molecule has 368 valence electrons. The number of unbranched alkanes of at least 4 members (excludes halogenated alkanes) is 24. The smallest absolute Gasteiger partial charge is 0.326 e. The van der Waals surface area contributed by atoms with Crippen LogP contribution in [0, 0.1) is 0 Å². The Kier molecular flexibility index (Phi) is 32.8. The molecule has 13 heteroatoms. The minimum Gasteiger partial charge on any atom is -0.481 e. The van der Waals surface area contributed by atoms with Gasteiger partial charge in [0, 0.05) is 29.3 Å². The van der Waals surface area contributed by atoms with Gasteiger partial charge < -0.3 is 29.3 Å². The molecule has 0 aliphatic rings. The minimum atomic E-state index is -1.49. The van der Waals surface area contributed by atoms with Gasteiger partial charge in [0.15, 0.2) is 5.75 Å². The molecule has 0 saturated carbocycles. The molecule has 0 aliphatic heterocycles. The predicted octanol–water partition coefficient (Wildman–Crippen LogP) is 16.0. The monoisotopic (exact) mass is 967 g/mol. The van der Waals surface area contributed by atoms with Crippen LogP contribution in [-0.2, 0) is 28.7 Å². The van der Waals surface area contributed by atoms with E-state index in [0.29, 0.717) is 17.9 Å². The summed E-state index contributed by atoms with van der Waals surface area (Å²) >= 11 is 19.2. The molecule has 0 aromatic heterocycles. The Labute approximate surface area is 405 Å². The molecule has 0 saturated heterocycles. The summed E-state index contributed by atoms with van der Waals surface area (Å²) in [5.74, 6) is -3.14. The first-order valence-corrected chi connectivity index (χ1v) is 26.1. The van der Waals surface area contributed by atoms with Crippen LogP contribution in [0.1, 0.15) is 206 Å². The molecule has 2 aromatic rings. The maximum absolute atomic E-state index is 13.2. The zero-order valence-corrected chi connectivity index (χ0v) is 41.8. The third kappa shape index (κ3) is 27.3. The van der Waals surface area contributed by atoms with Crippen molar-refractivity contribution in [2.24, 2.45) is 0 Å². The van der Waals surface area contributed by atoms with Crippen molar-refractivity contribution in [1.82, 2.24) is 0 Å². The number of halogens is 3. The summed E-state index contributed by atoms with van der Waals surface area (Å²) in [4.78, 5) is 52.8. The molecule has 0 heterocycles. The number of carbonyl (C=O) groups excluding carboxylic acids is 2. The second-order valence-electron chi connectivity index (χ2n) is 17.5. The van der Waals surface area contributed by atoms with Crippen LogP contribution >= 0.6 is 34.8 Å². The van der Waals surface area contributed by atoms with Crippen LogP contribution in [0.25, 0.3) is 0 Å². The van der Waals surface area contributed by atoms with E-state index in [9.17, 15) is 29.4 Å². The Morgan fingerprint density at radius 1 is 0.523 bits per heavy atom. The number of ether oxygens (including phenoxy) is 3. The second kappa shape index (κ2) is 36.9. The van der Waals surface area contributed by atoms with E-state index in [4.69, 9.17) is 49.0 Å². The standard InChI is InChI=1S/C52H80Cl3NO9/c1-3-5-7-9-11-13-15-17-19-21-23-25-27-29-50(59)63-39-43(40-64-51(60)30-28-26-24-22-20-18-16-14-12-10-8-6-4-2)56(45(52(61)62)33-36-49(57)58)46-38-42(54)32-35-48(46)65-47-34-31-41(53)37-44(47)55/h31-32,34-35,37-38,43,45H,3-30,33,36,39-40H2,1-2H3,(H,57,58)(H,61,62)/t45-/m0/s1. The summed E-state index contributed by atoms with van der Waals surface area (Å²) in [7, 11) is 0. The fourth-order valence-electron chi connectivity index (χ4n) is 8.02. The number of nitrogens with zero attached hydrogens (tertiary/aromatic N) is 1. The number of rotatable bonds is 41. The van der Waals surface area contributed by atoms with Gasteiger partial charge in [-0.3, -0.25) is 14.4 Å². The summed E-state index contributed by atoms with van der Waals surface area (Å²) in [6.07, 6.45) is 29.9. The van der Waals surface area contributed by atoms with Crippen LogP contribution in [0.4, 0.5) is 5.69 Å². The zero-order valence-electron chi connectivity index (χ0n) is 39.6. The maximum Gasteiger partial charge on any atom is 0.326 e. The van der Waals surface area contributed by atoms with Gasteiger partial charge in [-0.25, -0.2) is 4.79 Å². The van der Waals surface area contributed by atoms with E-state index in [1.807, 2.05) is 0 Å². The van der Waals surface area contributed by atoms with Crippen LogP contribution in [-0.4, -0.2) is 59.4 Å². The highest BCUT2D eigenvalue weighted by Crippen LogP contribution is 2.40. The summed E-state index contributed by atoms with van der Waals surface area (Å²) in [6.45, 7) is 3.76. The highest BCUT2D eigenvalue weighted by Gasteiger charge is 2.36. The number of carbonyl (C=O) groups is 4. The number of benzene rings is 2. The number of anilines is 1. The Morgan fingerprint density at radius 3 is 1.29 bits per heavy atom. The number of aliphatic carboxylic acids is 2. The predicted molar refractivity (Wildman–Crippen MR) is 265 cm³/mol. The number of carboxylic acids is 2. The van der Waals surface area contributed by atoms with Gasteiger partial charge in [-0.2, -0.15) is 0 Å². The molecule has 0 unspecified atom stereocenters. The lowest BCUT2D eigenvalue weighted by atomic mass is 10.0. The highest BCUT2D eigenvalue weighted by atomic mass is 35.5. The van der Waals surface area contributed by atoms with E-state index in [2.05, 4.69) is 13.8 Å². The van der Waals surface area contributed by atoms with Gasteiger partial charge in [0.2, 0.25) is 0 Å². The molecular weight excluding hydrogens is 889 g/mol. The fourth-order valence-corrected chi connectivity index (χ4v) is 8.63. The number of esters is 2. The first-order valence-electron chi connectivity index (χ1n) is 24.9. The number of hydrogen-bond acceptors (Lipinski definition) is 8. The first-order chi connectivity index (χ1) is 31.5. The van der Waals surface area contributed by atoms with Crippen molar-refractivity contribution in [2.45, 2.75) is 219 Å². The lowest BCUT2D eigenvalue weighted by Gasteiger charge is -2.38. The quantitative estimate of drug-likeness (QED) is 0.0489. The molecule has 0 spiro atoms. The van der Waals surface area contributed by atoms with Crippen LogP contribution < -0.4 is 9.64 Å². The third-order valence-corrected chi connectivity index (χ3v) is 12.6. The lowest BCUT2D eigenvalue weighted by Crippen LogP contribution is -2.52. The zero-order chi connectivity index (χ0) is 47.5. The number of hydrogen-bond donors (Lipinski definition) is 2. The van der Waals surface area contributed by atoms with Crippen LogP contribution in [0.15, 0.2) is 36.4 Å². The lowest BCUT2D eigenvalue weighted by molar-refractivity contribution is -0.147. The van der Waals surface area contributed by atoms with Gasteiger partial charge in [-0.15, -0.1) is 0 Å². The fraction of sp³-hybridized carbons (Fsp3) is 0.692. The van der Waals surface area contributed by atoms with Gasteiger partial charge in [0.1, 0.15) is 25.0 Å². The van der Waals surface area contributed by atoms with Crippen molar-refractivity contribution in [3.8, 4) is 11.5 Å². The molecule has 2 aromatic carbocycles. The molecule has 0 fully saturated rings. The van der Waals surface area contributed by atoms with Gasteiger partial charge in [0.25, 0.3) is 0 Å². The second-order valence-corrected chi connectivity index (χ2v) is 18.8. The molecule has 2 N–H and O–H groups in total. The molecule has 0 aliphatic carbocycles. The largest absolute Gasteiger partial charge is 0.481 e.